The van der Waals surface area contributed by atoms with E-state index in [0.717, 1.165) is 69.8 Å². The molecule has 2 aromatic rings. The zero-order chi connectivity index (χ0) is 22.2. The Hall–Kier alpha value is -2.93. The number of anilines is 2. The van der Waals surface area contributed by atoms with Gasteiger partial charge in [0.1, 0.15) is 5.75 Å². The number of ether oxygens (including phenoxy) is 2. The highest BCUT2D eigenvalue weighted by molar-refractivity contribution is 5.80. The third-order valence-electron chi connectivity index (χ3n) is 6.05. The van der Waals surface area contributed by atoms with Crippen molar-refractivity contribution in [2.45, 2.75) is 25.9 Å². The predicted molar refractivity (Wildman–Crippen MR) is 131 cm³/mol. The number of morpholine rings is 1. The van der Waals surface area contributed by atoms with Crippen molar-refractivity contribution in [3.05, 3.63) is 54.1 Å². The van der Waals surface area contributed by atoms with Gasteiger partial charge in [0.15, 0.2) is 5.96 Å². The molecule has 2 aliphatic rings. The van der Waals surface area contributed by atoms with E-state index in [0.29, 0.717) is 12.6 Å². The number of hydrogen-bond donors (Lipinski definition) is 2. The SMILES string of the molecule is CCNC(=NCc1ccccc1N1CCOCC1)NC1CCN(c2ccccc2OC)C1. The fourth-order valence-corrected chi connectivity index (χ4v) is 4.42. The third kappa shape index (κ3) is 5.46. The van der Waals surface area contributed by atoms with E-state index in [-0.39, 0.29) is 0 Å². The number of hydrogen-bond acceptors (Lipinski definition) is 5. The summed E-state index contributed by atoms with van der Waals surface area (Å²) in [7, 11) is 1.73. The van der Waals surface area contributed by atoms with Gasteiger partial charge in [-0.2, -0.15) is 0 Å². The average molecular weight is 438 g/mol. The van der Waals surface area contributed by atoms with Crippen LogP contribution in [0.4, 0.5) is 11.4 Å². The van der Waals surface area contributed by atoms with Crippen molar-refractivity contribution in [1.29, 1.82) is 0 Å². The van der Waals surface area contributed by atoms with E-state index in [4.69, 9.17) is 14.5 Å². The molecule has 32 heavy (non-hydrogen) atoms. The fraction of sp³-hybridized carbons (Fsp3) is 0.480. The van der Waals surface area contributed by atoms with Crippen molar-refractivity contribution >= 4 is 17.3 Å². The summed E-state index contributed by atoms with van der Waals surface area (Å²) in [5, 5.41) is 7.06. The van der Waals surface area contributed by atoms with Crippen LogP contribution in [0, 0.1) is 0 Å². The molecule has 4 rings (SSSR count). The number of aliphatic imine (C=N–C) groups is 1. The maximum atomic E-state index is 5.55. The number of nitrogens with one attached hydrogen (secondary N) is 2. The van der Waals surface area contributed by atoms with Crippen molar-refractivity contribution < 1.29 is 9.47 Å². The maximum Gasteiger partial charge on any atom is 0.191 e. The van der Waals surface area contributed by atoms with Crippen molar-refractivity contribution in [3.8, 4) is 5.75 Å². The molecule has 0 radical (unpaired) electrons. The first-order valence-electron chi connectivity index (χ1n) is 11.6. The second kappa shape index (κ2) is 11.1. The number of guanidine groups is 1. The van der Waals surface area contributed by atoms with Crippen molar-refractivity contribution in [3.63, 3.8) is 0 Å². The van der Waals surface area contributed by atoms with Crippen molar-refractivity contribution in [2.75, 3.05) is 62.8 Å². The summed E-state index contributed by atoms with van der Waals surface area (Å²) in [6, 6.07) is 17.1. The molecular weight excluding hydrogens is 402 g/mol. The first-order valence-corrected chi connectivity index (χ1v) is 11.6. The second-order valence-corrected chi connectivity index (χ2v) is 8.17. The van der Waals surface area contributed by atoms with Gasteiger partial charge in [-0.25, -0.2) is 4.99 Å². The molecule has 7 nitrogen and oxygen atoms in total. The Morgan fingerprint density at radius 3 is 2.56 bits per heavy atom. The highest BCUT2D eigenvalue weighted by Crippen LogP contribution is 2.30. The molecule has 2 aromatic carbocycles. The molecule has 0 aliphatic carbocycles. The first kappa shape index (κ1) is 22.3. The van der Waals surface area contributed by atoms with Gasteiger partial charge >= 0.3 is 0 Å². The van der Waals surface area contributed by atoms with Gasteiger partial charge in [-0.05, 0) is 37.1 Å². The Kier molecular flexibility index (Phi) is 7.72. The van der Waals surface area contributed by atoms with Crippen LogP contribution in [0.5, 0.6) is 5.75 Å². The van der Waals surface area contributed by atoms with Gasteiger partial charge < -0.3 is 29.9 Å². The average Bonchev–Trinajstić information content (AvgIpc) is 3.31. The van der Waals surface area contributed by atoms with Crippen LogP contribution < -0.4 is 25.2 Å². The summed E-state index contributed by atoms with van der Waals surface area (Å²) in [6.07, 6.45) is 1.06. The predicted octanol–water partition coefficient (Wildman–Crippen LogP) is 2.87. The minimum absolute atomic E-state index is 0.340. The minimum Gasteiger partial charge on any atom is -0.495 e. The van der Waals surface area contributed by atoms with Gasteiger partial charge in [-0.3, -0.25) is 0 Å². The molecule has 2 aliphatic heterocycles. The highest BCUT2D eigenvalue weighted by Gasteiger charge is 2.25. The number of rotatable bonds is 7. The quantitative estimate of drug-likeness (QED) is 0.513. The number of nitrogens with zero attached hydrogens (tertiary/aromatic N) is 3. The van der Waals surface area contributed by atoms with Gasteiger partial charge in [-0.15, -0.1) is 0 Å². The molecule has 1 atom stereocenters. The van der Waals surface area contributed by atoms with Gasteiger partial charge in [-0.1, -0.05) is 30.3 Å². The van der Waals surface area contributed by atoms with Gasteiger partial charge in [0.05, 0.1) is 32.6 Å². The topological polar surface area (TPSA) is 61.4 Å². The Morgan fingerprint density at radius 1 is 1.03 bits per heavy atom. The van der Waals surface area contributed by atoms with E-state index in [1.165, 1.54) is 11.3 Å². The molecule has 172 valence electrons. The first-order chi connectivity index (χ1) is 15.8. The lowest BCUT2D eigenvalue weighted by Crippen LogP contribution is -2.44. The lowest BCUT2D eigenvalue weighted by atomic mass is 10.1. The standard InChI is InChI=1S/C25H35N5O2/c1-3-26-25(27-18-20-8-4-5-9-22(20)29-14-16-32-17-15-29)28-21-12-13-30(19-21)23-10-6-7-11-24(23)31-2/h4-11,21H,3,12-19H2,1-2H3,(H2,26,27,28). The van der Waals surface area contributed by atoms with Crippen molar-refractivity contribution in [2.24, 2.45) is 4.99 Å². The number of methoxy groups -OCH3 is 1. The van der Waals surface area contributed by atoms with Crippen LogP contribution in [0.1, 0.15) is 18.9 Å². The number of para-hydroxylation sites is 3. The Balaban J connectivity index is 1.41. The molecule has 0 aromatic heterocycles. The Bertz CT molecular complexity index is 897. The van der Waals surface area contributed by atoms with Crippen LogP contribution in [0.25, 0.3) is 0 Å². The second-order valence-electron chi connectivity index (χ2n) is 8.17. The highest BCUT2D eigenvalue weighted by atomic mass is 16.5. The molecule has 2 saturated heterocycles. The van der Waals surface area contributed by atoms with Crippen LogP contribution in [0.15, 0.2) is 53.5 Å². The van der Waals surface area contributed by atoms with Crippen LogP contribution in [0.3, 0.4) is 0 Å². The molecule has 0 bridgehead atoms. The summed E-state index contributed by atoms with van der Waals surface area (Å²) in [4.78, 5) is 9.71. The summed E-state index contributed by atoms with van der Waals surface area (Å²) in [5.41, 5.74) is 3.66. The van der Waals surface area contributed by atoms with E-state index in [1.807, 2.05) is 12.1 Å². The van der Waals surface area contributed by atoms with E-state index in [1.54, 1.807) is 7.11 Å². The molecular formula is C25H35N5O2. The Morgan fingerprint density at radius 2 is 1.78 bits per heavy atom. The summed E-state index contributed by atoms with van der Waals surface area (Å²) < 4.78 is 11.1. The monoisotopic (exact) mass is 437 g/mol. The molecule has 1 unspecified atom stereocenters. The van der Waals surface area contributed by atoms with Crippen LogP contribution in [-0.4, -0.2) is 65.0 Å². The smallest absolute Gasteiger partial charge is 0.191 e. The molecule has 0 spiro atoms. The van der Waals surface area contributed by atoms with Gasteiger partial charge in [0, 0.05) is 44.5 Å². The molecule has 2 N–H and O–H groups in total. The molecule has 7 heteroatoms. The van der Waals surface area contributed by atoms with Crippen molar-refractivity contribution in [1.82, 2.24) is 10.6 Å². The van der Waals surface area contributed by atoms with Crippen LogP contribution in [0.2, 0.25) is 0 Å². The zero-order valence-corrected chi connectivity index (χ0v) is 19.2. The molecule has 0 saturated carbocycles. The van der Waals surface area contributed by atoms with Crippen LogP contribution >= 0.6 is 0 Å². The van der Waals surface area contributed by atoms with Gasteiger partial charge in [0.25, 0.3) is 0 Å². The minimum atomic E-state index is 0.340. The maximum absolute atomic E-state index is 5.55. The largest absolute Gasteiger partial charge is 0.495 e. The normalized spacial score (nSPS) is 19.2. The van der Waals surface area contributed by atoms with E-state index in [2.05, 4.69) is 63.8 Å². The van der Waals surface area contributed by atoms with Gasteiger partial charge in [0.2, 0.25) is 0 Å². The lowest BCUT2D eigenvalue weighted by molar-refractivity contribution is 0.122. The summed E-state index contributed by atoms with van der Waals surface area (Å²) >= 11 is 0. The Labute approximate surface area is 191 Å². The lowest BCUT2D eigenvalue weighted by Gasteiger charge is -2.30. The van der Waals surface area contributed by atoms with E-state index in [9.17, 15) is 0 Å². The summed E-state index contributed by atoms with van der Waals surface area (Å²) in [6.45, 7) is 8.94. The van der Waals surface area contributed by atoms with Crippen LogP contribution in [-0.2, 0) is 11.3 Å². The number of benzene rings is 2. The van der Waals surface area contributed by atoms with E-state index < -0.39 is 0 Å². The fourth-order valence-electron chi connectivity index (χ4n) is 4.42. The molecule has 2 fully saturated rings. The molecule has 0 amide bonds. The zero-order valence-electron chi connectivity index (χ0n) is 19.2. The summed E-state index contributed by atoms with van der Waals surface area (Å²) in [5.74, 6) is 1.80. The third-order valence-corrected chi connectivity index (χ3v) is 6.05. The molecule has 2 heterocycles. The van der Waals surface area contributed by atoms with E-state index >= 15 is 0 Å².